The molecule has 0 spiro atoms. The van der Waals surface area contributed by atoms with Crippen LogP contribution in [-0.4, -0.2) is 92.7 Å². The highest BCUT2D eigenvalue weighted by Crippen LogP contribution is 2.53. The highest BCUT2D eigenvalue weighted by molar-refractivity contribution is 8.00. The number of fused-ring (bicyclic) bond motifs is 1. The van der Waals surface area contributed by atoms with E-state index in [2.05, 4.69) is 22.8 Å². The predicted molar refractivity (Wildman–Crippen MR) is 224 cm³/mol. The second-order valence-electron chi connectivity index (χ2n) is 15.1. The molecule has 14 heteroatoms. The van der Waals surface area contributed by atoms with Crippen molar-refractivity contribution in [1.29, 1.82) is 0 Å². The van der Waals surface area contributed by atoms with Crippen LogP contribution >= 0.6 is 19.6 Å². The van der Waals surface area contributed by atoms with Gasteiger partial charge in [-0.05, 0) is 101 Å². The van der Waals surface area contributed by atoms with E-state index >= 15 is 0 Å². The summed E-state index contributed by atoms with van der Waals surface area (Å²) in [7, 11) is -0.435. The van der Waals surface area contributed by atoms with E-state index in [0.29, 0.717) is 39.0 Å². The number of phosphoric ester groups is 1. The van der Waals surface area contributed by atoms with Crippen LogP contribution in [0.1, 0.15) is 82.9 Å². The van der Waals surface area contributed by atoms with Crippen LogP contribution in [0.5, 0.6) is 11.5 Å². The molecule has 2 aliphatic heterocycles. The Kier molecular flexibility index (Phi) is 16.3. The fraction of sp³-hybridized carbons (Fsp3) is 0.535. The molecule has 2 aliphatic rings. The van der Waals surface area contributed by atoms with Gasteiger partial charge in [-0.25, -0.2) is 9.36 Å². The average molecular weight is 826 g/mol. The highest BCUT2D eigenvalue weighted by Gasteiger charge is 2.57. The molecule has 3 aromatic carbocycles. The van der Waals surface area contributed by atoms with Crippen LogP contribution in [0, 0.1) is 0 Å². The topological polar surface area (TPSA) is 134 Å². The van der Waals surface area contributed by atoms with Crippen molar-refractivity contribution in [2.24, 2.45) is 0 Å². The van der Waals surface area contributed by atoms with Crippen molar-refractivity contribution in [3.05, 3.63) is 95.6 Å². The molecule has 4 atom stereocenters. The van der Waals surface area contributed by atoms with Gasteiger partial charge in [-0.1, -0.05) is 54.6 Å². The zero-order valence-corrected chi connectivity index (χ0v) is 35.9. The van der Waals surface area contributed by atoms with E-state index < -0.39 is 19.0 Å². The molecule has 12 nitrogen and oxygen atoms in total. The monoisotopic (exact) mass is 825 g/mol. The van der Waals surface area contributed by atoms with E-state index in [1.54, 1.807) is 35.0 Å². The van der Waals surface area contributed by atoms with Crippen LogP contribution < -0.4 is 20.1 Å². The van der Waals surface area contributed by atoms with Crippen LogP contribution in [-0.2, 0) is 33.2 Å². The first-order chi connectivity index (χ1) is 27.4. The van der Waals surface area contributed by atoms with E-state index in [-0.39, 0.29) is 42.5 Å². The number of rotatable bonds is 23. The number of phosphoric acid groups is 1. The Morgan fingerprint density at radius 2 is 1.46 bits per heavy atom. The van der Waals surface area contributed by atoms with Gasteiger partial charge in [0.1, 0.15) is 17.0 Å². The van der Waals surface area contributed by atoms with Gasteiger partial charge in [0, 0.05) is 30.6 Å². The number of benzene rings is 3. The summed E-state index contributed by atoms with van der Waals surface area (Å²) in [5.41, 5.74) is 1.24. The second kappa shape index (κ2) is 20.9. The van der Waals surface area contributed by atoms with Gasteiger partial charge in [0.2, 0.25) is 5.91 Å². The maximum Gasteiger partial charge on any atom is 0.475 e. The Morgan fingerprint density at radius 3 is 2.05 bits per heavy atom. The minimum Gasteiger partial charge on any atom is -0.497 e. The number of nitrogens with zero attached hydrogens (tertiary/aromatic N) is 1. The molecule has 0 aromatic heterocycles. The third-order valence-corrected chi connectivity index (χ3v) is 13.3. The number of hydrogen-bond acceptors (Lipinski definition) is 10. The molecule has 0 bridgehead atoms. The molecule has 2 saturated heterocycles. The number of methoxy groups -OCH3 is 2. The van der Waals surface area contributed by atoms with E-state index in [9.17, 15) is 14.2 Å². The average Bonchev–Trinajstić information content (AvgIpc) is 3.74. The number of hydrogen-bond donors (Lipinski definition) is 2. The molecule has 57 heavy (non-hydrogen) atoms. The predicted octanol–water partition coefficient (Wildman–Crippen LogP) is 8.32. The molecule has 3 aromatic rings. The van der Waals surface area contributed by atoms with Crippen molar-refractivity contribution in [2.75, 3.05) is 52.9 Å². The summed E-state index contributed by atoms with van der Waals surface area (Å²) in [5, 5.41) is 6.58. The molecule has 4 unspecified atom stereocenters. The lowest BCUT2D eigenvalue weighted by atomic mass is 9.74. The number of amides is 3. The van der Waals surface area contributed by atoms with E-state index in [4.69, 9.17) is 27.8 Å². The number of urea groups is 1. The van der Waals surface area contributed by atoms with Crippen molar-refractivity contribution < 1.29 is 41.9 Å². The van der Waals surface area contributed by atoms with Gasteiger partial charge in [-0.15, -0.1) is 0 Å². The fourth-order valence-electron chi connectivity index (χ4n) is 7.53. The number of thioether (sulfide) groups is 1. The zero-order valence-electron chi connectivity index (χ0n) is 34.2. The van der Waals surface area contributed by atoms with Crippen LogP contribution in [0.25, 0.3) is 0 Å². The molecule has 2 N–H and O–H groups in total. The first-order valence-corrected chi connectivity index (χ1v) is 22.5. The second-order valence-corrected chi connectivity index (χ2v) is 18.0. The van der Waals surface area contributed by atoms with Crippen LogP contribution in [0.4, 0.5) is 4.79 Å². The smallest absolute Gasteiger partial charge is 0.475 e. The molecule has 2 fully saturated rings. The van der Waals surface area contributed by atoms with Gasteiger partial charge in [0.05, 0.1) is 51.7 Å². The largest absolute Gasteiger partial charge is 0.497 e. The van der Waals surface area contributed by atoms with Gasteiger partial charge in [-0.3, -0.25) is 18.4 Å². The number of carbonyl (C=O) groups excluding carboxylic acids is 2. The molecule has 5 rings (SSSR count). The summed E-state index contributed by atoms with van der Waals surface area (Å²) < 4.78 is 46.1. The first-order valence-electron chi connectivity index (χ1n) is 19.9. The number of unbranched alkanes of at least 4 members (excludes halogenated alkanes) is 2. The molecule has 312 valence electrons. The van der Waals surface area contributed by atoms with Crippen LogP contribution in [0.2, 0.25) is 0 Å². The number of nitrogens with one attached hydrogen (secondary N) is 2. The van der Waals surface area contributed by atoms with E-state index in [0.717, 1.165) is 53.2 Å². The normalized spacial score (nSPS) is 19.2. The summed E-state index contributed by atoms with van der Waals surface area (Å²) in [6.45, 7) is 9.00. The Morgan fingerprint density at radius 1 is 0.842 bits per heavy atom. The van der Waals surface area contributed by atoms with Crippen molar-refractivity contribution >= 4 is 31.5 Å². The minimum absolute atomic E-state index is 0.00997. The maximum atomic E-state index is 14.4. The Hall–Kier alpha value is -3.58. The van der Waals surface area contributed by atoms with Gasteiger partial charge in [-0.2, -0.15) is 11.8 Å². The summed E-state index contributed by atoms with van der Waals surface area (Å²) in [6.07, 6.45) is 4.12. The van der Waals surface area contributed by atoms with Crippen molar-refractivity contribution in [1.82, 2.24) is 15.5 Å². The SMILES string of the molecule is CCOCCOP(=O)(OCCCCCNC(=O)CCCC1SCC2C1NC(=O)N2C(c1ccccc1)(c1ccc(OC)cc1)c1ccc(OC)cc1)OC(C)(C)C. The van der Waals surface area contributed by atoms with Crippen molar-refractivity contribution in [3.8, 4) is 11.5 Å². The Balaban J connectivity index is 1.16. The van der Waals surface area contributed by atoms with Crippen LogP contribution in [0.15, 0.2) is 78.9 Å². The molecule has 3 amide bonds. The quantitative estimate of drug-likeness (QED) is 0.0416. The van der Waals surface area contributed by atoms with Crippen molar-refractivity contribution in [2.45, 2.75) is 94.7 Å². The lowest BCUT2D eigenvalue weighted by molar-refractivity contribution is -0.121. The standard InChI is InChI=1S/C43H60N3O9PS/c1-7-52-29-30-54-56(49,55-42(2,3)4)53-28-13-9-12-27-44-39(47)18-14-17-38-40-37(31-57-38)46(41(48)45-40)43(32-15-10-8-11-16-32,33-19-23-35(50-5)24-20-33)34-21-25-36(51-6)26-22-34/h8,10-11,15-16,19-26,37-38,40H,7,9,12-14,17-18,27-31H2,1-6H3,(H,44,47)(H,45,48). The van der Waals surface area contributed by atoms with E-state index in [1.165, 1.54) is 0 Å². The fourth-order valence-corrected chi connectivity index (χ4v) is 10.6. The Labute approximate surface area is 342 Å². The molecular formula is C43H60N3O9PS. The maximum absolute atomic E-state index is 14.4. The Bertz CT molecular complexity index is 1710. The summed E-state index contributed by atoms with van der Waals surface area (Å²) in [4.78, 5) is 29.2. The van der Waals surface area contributed by atoms with Gasteiger partial charge < -0.3 is 29.7 Å². The zero-order chi connectivity index (χ0) is 40.9. The van der Waals surface area contributed by atoms with Crippen LogP contribution in [0.3, 0.4) is 0 Å². The van der Waals surface area contributed by atoms with Gasteiger partial charge >= 0.3 is 13.9 Å². The highest BCUT2D eigenvalue weighted by atomic mass is 32.2. The molecule has 0 radical (unpaired) electrons. The van der Waals surface area contributed by atoms with Crippen molar-refractivity contribution in [3.63, 3.8) is 0 Å². The lowest BCUT2D eigenvalue weighted by Crippen LogP contribution is -2.53. The summed E-state index contributed by atoms with van der Waals surface area (Å²) in [6, 6.07) is 25.9. The number of ether oxygens (including phenoxy) is 3. The van der Waals surface area contributed by atoms with E-state index in [1.807, 2.05) is 90.3 Å². The summed E-state index contributed by atoms with van der Waals surface area (Å²) in [5.74, 6) is 2.25. The molecular weight excluding hydrogens is 766 g/mol. The van der Waals surface area contributed by atoms with Gasteiger partial charge in [0.15, 0.2) is 0 Å². The first kappa shape index (κ1) is 44.5. The third kappa shape index (κ3) is 11.5. The summed E-state index contributed by atoms with van der Waals surface area (Å²) >= 11 is 1.86. The lowest BCUT2D eigenvalue weighted by Gasteiger charge is -2.45. The minimum atomic E-state index is -3.73. The molecule has 0 saturated carbocycles. The molecule has 0 aliphatic carbocycles. The third-order valence-electron chi connectivity index (χ3n) is 10.1. The molecule has 2 heterocycles. The number of carbonyl (C=O) groups is 2. The van der Waals surface area contributed by atoms with Gasteiger partial charge in [0.25, 0.3) is 0 Å².